The second kappa shape index (κ2) is 57.3. The fraction of sp³-hybridized carbons (Fsp3) is 0.635. The summed E-state index contributed by atoms with van der Waals surface area (Å²) in [6.07, 6.45) is -10.9. The summed E-state index contributed by atoms with van der Waals surface area (Å²) in [7, 11) is 2.53. The molecule has 41 heteroatoms. The van der Waals surface area contributed by atoms with E-state index in [1.807, 2.05) is 65.8 Å². The number of ether oxygens (including phenoxy) is 16. The molecule has 0 bridgehead atoms. The Morgan fingerprint density at radius 2 is 0.786 bits per heavy atom. The molecule has 4 saturated heterocycles. The van der Waals surface area contributed by atoms with Crippen molar-refractivity contribution in [3.63, 3.8) is 0 Å². The van der Waals surface area contributed by atoms with Crippen LogP contribution in [0.25, 0.3) is 0 Å². The first-order chi connectivity index (χ1) is 67.4. The normalized spacial score (nSPS) is 34.6. The number of carbonyl (C=O) groups excluding carboxylic acids is 6. The number of cyclic esters (lactones) is 2. The largest absolute Gasteiger partial charge is 2.00 e. The molecular formula is C104H148CaCl4O36+2. The first-order valence-corrected chi connectivity index (χ1v) is 49.8. The molecule has 14 N–H and O–H groups in total. The van der Waals surface area contributed by atoms with E-state index in [1.165, 1.54) is 66.2 Å². The summed E-state index contributed by atoms with van der Waals surface area (Å²) in [5, 5.41) is 153. The van der Waals surface area contributed by atoms with Gasteiger partial charge in [-0.15, -0.1) is 0 Å². The minimum Gasteiger partial charge on any atom is -0.505 e. The number of aliphatic hydroxyl groups excluding tert-OH is 10. The molecule has 6 aliphatic rings. The van der Waals surface area contributed by atoms with Gasteiger partial charge in [0.1, 0.15) is 93.4 Å². The molecule has 6 aliphatic heterocycles. The zero-order valence-electron chi connectivity index (χ0n) is 86.8. The number of rotatable bonds is 26. The van der Waals surface area contributed by atoms with Crippen LogP contribution in [0.15, 0.2) is 117 Å². The molecule has 28 atom stereocenters. The third kappa shape index (κ3) is 32.8. The monoisotopic (exact) mass is 2150 g/mol. The third-order valence-corrected chi connectivity index (χ3v) is 27.5. The van der Waals surface area contributed by atoms with E-state index in [0.29, 0.717) is 46.3 Å². The number of phenols is 4. The minimum absolute atomic E-state index is 0. The molecule has 808 valence electrons. The molecule has 0 radical (unpaired) electrons. The number of aliphatic hydroxyl groups is 10. The van der Waals surface area contributed by atoms with Crippen LogP contribution in [0, 0.1) is 23.7 Å². The summed E-state index contributed by atoms with van der Waals surface area (Å²) < 4.78 is 95.0. The number of esters is 6. The maximum absolute atomic E-state index is 13.9. The van der Waals surface area contributed by atoms with Crippen LogP contribution < -0.4 is 0 Å². The summed E-state index contributed by atoms with van der Waals surface area (Å²) in [6, 6.07) is 0. The van der Waals surface area contributed by atoms with Crippen molar-refractivity contribution in [3.8, 4) is 23.0 Å². The molecule has 8 rings (SSSR count). The van der Waals surface area contributed by atoms with Crippen molar-refractivity contribution in [1.82, 2.24) is 0 Å². The number of phenolic OH excluding ortho intramolecular Hbond substituents is 4. The Bertz CT molecular complexity index is 4750. The van der Waals surface area contributed by atoms with Crippen molar-refractivity contribution in [1.29, 1.82) is 0 Å². The van der Waals surface area contributed by atoms with Crippen LogP contribution in [0.2, 0.25) is 20.1 Å². The van der Waals surface area contributed by atoms with Crippen LogP contribution in [0.5, 0.6) is 23.0 Å². The molecule has 36 nitrogen and oxygen atoms in total. The van der Waals surface area contributed by atoms with Gasteiger partial charge in [0, 0.05) is 38.9 Å². The van der Waals surface area contributed by atoms with Crippen LogP contribution in [-0.2, 0) is 108 Å². The van der Waals surface area contributed by atoms with Crippen molar-refractivity contribution in [2.75, 3.05) is 27.4 Å². The molecule has 2 aromatic carbocycles. The van der Waals surface area contributed by atoms with E-state index in [4.69, 9.17) is 122 Å². The van der Waals surface area contributed by atoms with E-state index in [9.17, 15) is 100 Å². The van der Waals surface area contributed by atoms with Crippen molar-refractivity contribution in [2.24, 2.45) is 23.7 Å². The Kier molecular flexibility index (Phi) is 50.2. The average Bonchev–Trinajstić information content (AvgIpc) is 0.778. The third-order valence-electron chi connectivity index (χ3n) is 26.0. The molecular weight excluding hydrogens is 2010 g/mol. The topological polar surface area (TPSA) is 533 Å². The number of methoxy groups -OCH3 is 2. The predicted octanol–water partition coefficient (Wildman–Crippen LogP) is 12.1. The molecule has 6 heterocycles. The van der Waals surface area contributed by atoms with Crippen LogP contribution >= 0.6 is 46.4 Å². The number of benzene rings is 2. The molecule has 145 heavy (non-hydrogen) atoms. The Hall–Kier alpha value is -6.52. The molecule has 4 fully saturated rings. The number of allylic oxidation sites excluding steroid dienone is 8. The van der Waals surface area contributed by atoms with Gasteiger partial charge >= 0.3 is 73.6 Å². The van der Waals surface area contributed by atoms with Gasteiger partial charge in [-0.25, -0.2) is 19.2 Å². The second-order valence-electron chi connectivity index (χ2n) is 38.7. The summed E-state index contributed by atoms with van der Waals surface area (Å²) >= 11 is 24.5. The fourth-order valence-corrected chi connectivity index (χ4v) is 18.3. The molecule has 0 saturated carbocycles. The molecule has 2 aromatic rings. The van der Waals surface area contributed by atoms with E-state index in [0.717, 1.165) is 0 Å². The number of aromatic hydroxyl groups is 4. The van der Waals surface area contributed by atoms with Crippen molar-refractivity contribution < 1.29 is 176 Å². The van der Waals surface area contributed by atoms with Crippen LogP contribution in [0.3, 0.4) is 0 Å². The second-order valence-corrected chi connectivity index (χ2v) is 40.2. The zero-order valence-corrected chi connectivity index (χ0v) is 92.0. The summed E-state index contributed by atoms with van der Waals surface area (Å²) in [4.78, 5) is 80.0. The summed E-state index contributed by atoms with van der Waals surface area (Å²) in [5.74, 6) is -9.57. The number of hydrogen-bond donors (Lipinski definition) is 14. The van der Waals surface area contributed by atoms with Crippen molar-refractivity contribution in [2.45, 2.75) is 374 Å². The van der Waals surface area contributed by atoms with Crippen molar-refractivity contribution >= 4 is 120 Å². The van der Waals surface area contributed by atoms with Gasteiger partial charge in [-0.05, 0) is 181 Å². The first kappa shape index (κ1) is 127. The van der Waals surface area contributed by atoms with Gasteiger partial charge in [-0.1, -0.05) is 174 Å². The Morgan fingerprint density at radius 3 is 1.08 bits per heavy atom. The van der Waals surface area contributed by atoms with Gasteiger partial charge in [0.05, 0.1) is 95.1 Å². The van der Waals surface area contributed by atoms with Gasteiger partial charge in [0.15, 0.2) is 72.6 Å². The molecule has 0 unspecified atom stereocenters. The van der Waals surface area contributed by atoms with E-state index < -0.39 is 288 Å². The van der Waals surface area contributed by atoms with Gasteiger partial charge in [-0.3, -0.25) is 9.59 Å². The van der Waals surface area contributed by atoms with Crippen LogP contribution in [0.4, 0.5) is 0 Å². The van der Waals surface area contributed by atoms with Crippen molar-refractivity contribution in [3.05, 3.63) is 160 Å². The maximum Gasteiger partial charge on any atom is 2.00 e. The Morgan fingerprint density at radius 1 is 0.455 bits per heavy atom. The number of carbonyl (C=O) groups is 6. The van der Waals surface area contributed by atoms with E-state index in [1.54, 1.807) is 107 Å². The summed E-state index contributed by atoms with van der Waals surface area (Å²) in [5.41, 5.74) is 0.637. The van der Waals surface area contributed by atoms with E-state index >= 15 is 0 Å². The molecule has 0 aliphatic carbocycles. The predicted molar refractivity (Wildman–Crippen MR) is 536 cm³/mol. The quantitative estimate of drug-likeness (QED) is 0.0180. The number of hydrogen-bond acceptors (Lipinski definition) is 36. The Labute approximate surface area is 897 Å². The number of halogens is 4. The standard InChI is InChI=1S/2C52H74Cl2O18.Ca/c2*1-13-30-22-26(6)33(56)18-16-15-17-31(23-66-51-45(65-12)42(61)44(29(9)67-51)69-49(64)35-32(14-2)36(53)39(58)37(54)38(35)57)48(63)68-34(28(8)55)20-19-25(5)21-27(7)43(30)70-50-41(60)40(59)46(52(10,11)72-50)71-47(62)24(3)4;/h2*15-17,19,21-22,24,28-30,33-34,40-46,50-51,55-61H,13-14,18,20,23H2,1-12H3;/q;;+2/b2*16-15+,25-19+,26-22+,27-21+,31-17+;/t2*28-,29-,30+,33+,34+,40-,41+,42+,43+,44-,45+,46+,50-,51-;/m11./s1. The fourth-order valence-electron chi connectivity index (χ4n) is 17.2. The van der Waals surface area contributed by atoms with Gasteiger partial charge in [-0.2, -0.15) is 0 Å². The van der Waals surface area contributed by atoms with Gasteiger partial charge < -0.3 is 147 Å². The maximum atomic E-state index is 13.9. The molecule has 0 spiro atoms. The molecule has 0 amide bonds. The van der Waals surface area contributed by atoms with Gasteiger partial charge in [0.25, 0.3) is 0 Å². The zero-order chi connectivity index (χ0) is 108. The van der Waals surface area contributed by atoms with E-state index in [-0.39, 0.29) is 109 Å². The smallest absolute Gasteiger partial charge is 0.505 e. The minimum atomic E-state index is -1.61. The van der Waals surface area contributed by atoms with Crippen LogP contribution in [-0.4, -0.2) is 343 Å². The summed E-state index contributed by atoms with van der Waals surface area (Å²) in [6.45, 7) is 36.1. The van der Waals surface area contributed by atoms with Gasteiger partial charge in [0.2, 0.25) is 0 Å². The van der Waals surface area contributed by atoms with Crippen LogP contribution in [0.1, 0.15) is 223 Å². The van der Waals surface area contributed by atoms with E-state index in [2.05, 4.69) is 0 Å². The Balaban J connectivity index is 0.000000440. The molecule has 0 aromatic heterocycles. The SMILES string of the molecule is CCc1c(Cl)c(O)c(Cl)c(O)c1C(=O)O[C@H]1[C@H](O)[C@H](OC)[C@H](OC/C2=C\C=C\C[C@H](O)/C(C)=C/[C@H](CC)[C@@H](O[C@@H]3OC(C)(C)[C@@H](OC(=O)C(C)C)[C@H](O)[C@@H]3O)/C(C)=C/C(C)=C/C[C@@H]([C@@H](C)O)OC2=O)O[C@@H]1C.CCc1c(Cl)c(O)c(Cl)c(O)c1C(=O)O[C@H]1[C@H](O)[C@H](OC)[C@H](OC/C2=C\C=C\C[C@H](O)/C(C)=C/[C@H](CC)[C@@H](O[C@@H]3OC(C)(C)[C@@H](OC(=O)C(C)C)[C@H](O)[C@@H]3O)/C(C)=C/C(C)=C/C[C@@H]([C@@H](C)O)OC2=O)O[C@@H]1C.[Ca+2]. The first-order valence-electron chi connectivity index (χ1n) is 48.3. The average molecular weight is 2160 g/mol.